The molecule has 8 heteroatoms. The lowest BCUT2D eigenvalue weighted by molar-refractivity contribution is -0.150. The molecule has 2 saturated heterocycles. The number of terminal acetylenes is 1. The average Bonchev–Trinajstić information content (AvgIpc) is 3.31. The van der Waals surface area contributed by atoms with Gasteiger partial charge in [0.05, 0.1) is 19.8 Å². The molecule has 2 aliphatic rings. The van der Waals surface area contributed by atoms with Gasteiger partial charge < -0.3 is 31.4 Å². The van der Waals surface area contributed by atoms with Crippen molar-refractivity contribution in [2.24, 2.45) is 0 Å². The largest absolute Gasteiger partial charge is 0.459 e. The molecule has 8 nitrogen and oxygen atoms in total. The molecule has 8 N–H and O–H groups in total. The molecular formula is C26H37NO7. The van der Waals surface area contributed by atoms with E-state index in [0.29, 0.717) is 19.8 Å². The summed E-state index contributed by atoms with van der Waals surface area (Å²) in [6.07, 6.45) is 10.7. The summed E-state index contributed by atoms with van der Waals surface area (Å²) in [4.78, 5) is 14.4. The Hall–Kier alpha value is -3.03. The van der Waals surface area contributed by atoms with Crippen molar-refractivity contribution in [3.05, 3.63) is 77.4 Å². The molecular weight excluding hydrogens is 438 g/mol. The first-order valence-corrected chi connectivity index (χ1v) is 10.5. The van der Waals surface area contributed by atoms with E-state index in [1.165, 1.54) is 22.3 Å². The zero-order valence-corrected chi connectivity index (χ0v) is 19.3. The lowest BCUT2D eigenvalue weighted by Gasteiger charge is -2.29. The summed E-state index contributed by atoms with van der Waals surface area (Å²) in [6.45, 7) is 3.37. The van der Waals surface area contributed by atoms with Crippen molar-refractivity contribution in [2.45, 2.75) is 25.4 Å². The fourth-order valence-electron chi connectivity index (χ4n) is 4.03. The molecule has 1 unspecified atom stereocenters. The van der Waals surface area contributed by atoms with Crippen molar-refractivity contribution in [2.75, 3.05) is 32.8 Å². The van der Waals surface area contributed by atoms with Gasteiger partial charge in [0, 0.05) is 19.5 Å². The summed E-state index contributed by atoms with van der Waals surface area (Å²) in [7, 11) is 0. The average molecular weight is 476 g/mol. The molecule has 2 aliphatic heterocycles. The minimum absolute atomic E-state index is 0. The standard InChI is InChI=1S/C24H27NO3.C2H2.4H2O/c26-23(28-22-13-16-27-18-22)17-25-14-11-21(12-15-25)24(19-7-3-1-4-8-19)20-9-5-2-6-10-20;1-2;;;;/h1-10,22H,11-18H2;1-2H;4*1H2. The van der Waals surface area contributed by atoms with Crippen LogP contribution >= 0.6 is 0 Å². The second-order valence-corrected chi connectivity index (χ2v) is 7.46. The Morgan fingerprint density at radius 2 is 1.38 bits per heavy atom. The summed E-state index contributed by atoms with van der Waals surface area (Å²) in [6, 6.07) is 21.2. The first-order valence-electron chi connectivity index (χ1n) is 10.5. The van der Waals surface area contributed by atoms with Gasteiger partial charge in [-0.05, 0) is 29.5 Å². The van der Waals surface area contributed by atoms with E-state index in [0.717, 1.165) is 32.4 Å². The van der Waals surface area contributed by atoms with Gasteiger partial charge in [0.2, 0.25) is 0 Å². The number of hydrogen-bond donors (Lipinski definition) is 0. The highest BCUT2D eigenvalue weighted by molar-refractivity contribution is 5.82. The molecule has 2 aromatic rings. The second kappa shape index (κ2) is 17.4. The molecule has 1 atom stereocenters. The van der Waals surface area contributed by atoms with Gasteiger partial charge in [0.25, 0.3) is 0 Å². The molecule has 0 aliphatic carbocycles. The van der Waals surface area contributed by atoms with Gasteiger partial charge in [-0.15, -0.1) is 12.8 Å². The maximum Gasteiger partial charge on any atom is 0.320 e. The third-order valence-corrected chi connectivity index (χ3v) is 5.48. The summed E-state index contributed by atoms with van der Waals surface area (Å²) in [5.74, 6) is -0.130. The van der Waals surface area contributed by atoms with Crippen LogP contribution in [0.3, 0.4) is 0 Å². The first kappa shape index (κ1) is 33.1. The highest BCUT2D eigenvalue weighted by Gasteiger charge is 2.24. The molecule has 0 spiro atoms. The van der Waals surface area contributed by atoms with Crippen LogP contribution in [0.15, 0.2) is 66.2 Å². The lowest BCUT2D eigenvalue weighted by Crippen LogP contribution is -2.37. The molecule has 34 heavy (non-hydrogen) atoms. The third-order valence-electron chi connectivity index (χ3n) is 5.48. The number of rotatable bonds is 5. The van der Waals surface area contributed by atoms with Crippen LogP contribution in [-0.2, 0) is 14.3 Å². The van der Waals surface area contributed by atoms with Crippen molar-refractivity contribution in [1.82, 2.24) is 4.90 Å². The molecule has 0 amide bonds. The normalized spacial score (nSPS) is 16.6. The molecule has 0 radical (unpaired) electrons. The van der Waals surface area contributed by atoms with Gasteiger partial charge in [0.1, 0.15) is 6.10 Å². The van der Waals surface area contributed by atoms with Crippen LogP contribution in [0.2, 0.25) is 0 Å². The van der Waals surface area contributed by atoms with Crippen molar-refractivity contribution in [1.29, 1.82) is 0 Å². The summed E-state index contributed by atoms with van der Waals surface area (Å²) in [5, 5.41) is 0. The Kier molecular flexibility index (Phi) is 17.0. The Morgan fingerprint density at radius 1 is 0.882 bits per heavy atom. The van der Waals surface area contributed by atoms with Gasteiger partial charge in [-0.1, -0.05) is 66.2 Å². The Morgan fingerprint density at radius 3 is 1.82 bits per heavy atom. The van der Waals surface area contributed by atoms with Gasteiger partial charge in [-0.25, -0.2) is 0 Å². The van der Waals surface area contributed by atoms with Crippen LogP contribution in [0.4, 0.5) is 0 Å². The number of benzene rings is 2. The fraction of sp³-hybridized carbons (Fsp3) is 0.346. The number of carbonyl (C=O) groups is 1. The molecule has 4 rings (SSSR count). The maximum atomic E-state index is 12.2. The van der Waals surface area contributed by atoms with E-state index < -0.39 is 0 Å². The van der Waals surface area contributed by atoms with Crippen LogP contribution < -0.4 is 0 Å². The van der Waals surface area contributed by atoms with E-state index >= 15 is 0 Å². The minimum Gasteiger partial charge on any atom is -0.459 e. The fourth-order valence-corrected chi connectivity index (χ4v) is 4.03. The molecule has 2 fully saturated rings. The predicted molar refractivity (Wildman–Crippen MR) is 134 cm³/mol. The van der Waals surface area contributed by atoms with Crippen molar-refractivity contribution >= 4 is 11.5 Å². The minimum atomic E-state index is -0.130. The van der Waals surface area contributed by atoms with E-state index in [4.69, 9.17) is 9.47 Å². The summed E-state index contributed by atoms with van der Waals surface area (Å²) in [5.41, 5.74) is 5.33. The molecule has 2 aromatic carbocycles. The third kappa shape index (κ3) is 9.08. The Labute approximate surface area is 201 Å². The SMILES string of the molecule is C#C.O.O.O.O.O=C(CN1CCC(=C(c2ccccc2)c2ccccc2)CC1)OC1CCOC1. The lowest BCUT2D eigenvalue weighted by atomic mass is 9.88. The molecule has 188 valence electrons. The van der Waals surface area contributed by atoms with E-state index in [1.807, 2.05) is 0 Å². The van der Waals surface area contributed by atoms with Gasteiger partial charge in [0.15, 0.2) is 0 Å². The Bertz CT molecular complexity index is 811. The number of likely N-dealkylation sites (tertiary alicyclic amines) is 1. The van der Waals surface area contributed by atoms with Gasteiger partial charge in [-0.3, -0.25) is 9.69 Å². The highest BCUT2D eigenvalue weighted by atomic mass is 16.6. The van der Waals surface area contributed by atoms with Crippen LogP contribution in [0.25, 0.3) is 5.57 Å². The van der Waals surface area contributed by atoms with Crippen molar-refractivity contribution < 1.29 is 36.2 Å². The number of ether oxygens (including phenoxy) is 2. The second-order valence-electron chi connectivity index (χ2n) is 7.46. The quantitative estimate of drug-likeness (QED) is 0.463. The van der Waals surface area contributed by atoms with Crippen LogP contribution in [0.5, 0.6) is 0 Å². The van der Waals surface area contributed by atoms with Crippen LogP contribution in [0, 0.1) is 12.8 Å². The summed E-state index contributed by atoms with van der Waals surface area (Å²) >= 11 is 0. The number of hydrogen-bond acceptors (Lipinski definition) is 4. The van der Waals surface area contributed by atoms with Gasteiger partial charge >= 0.3 is 5.97 Å². The number of nitrogens with zero attached hydrogens (tertiary/aromatic N) is 1. The van der Waals surface area contributed by atoms with E-state index in [2.05, 4.69) is 78.4 Å². The zero-order chi connectivity index (χ0) is 21.2. The smallest absolute Gasteiger partial charge is 0.320 e. The van der Waals surface area contributed by atoms with E-state index in [-0.39, 0.29) is 34.0 Å². The number of carbonyl (C=O) groups excluding carboxylic acids is 1. The molecule has 0 saturated carbocycles. The predicted octanol–water partition coefficient (Wildman–Crippen LogP) is 0.867. The van der Waals surface area contributed by atoms with E-state index in [1.54, 1.807) is 0 Å². The number of esters is 1. The molecule has 0 aromatic heterocycles. The van der Waals surface area contributed by atoms with Gasteiger partial charge in [-0.2, -0.15) is 0 Å². The summed E-state index contributed by atoms with van der Waals surface area (Å²) < 4.78 is 10.8. The maximum absolute atomic E-state index is 12.2. The topological polar surface area (TPSA) is 165 Å². The number of piperidine rings is 1. The Balaban J connectivity index is 0. The van der Waals surface area contributed by atoms with Crippen LogP contribution in [-0.4, -0.2) is 71.7 Å². The van der Waals surface area contributed by atoms with Crippen molar-refractivity contribution in [3.63, 3.8) is 0 Å². The monoisotopic (exact) mass is 475 g/mol. The molecule has 0 bridgehead atoms. The van der Waals surface area contributed by atoms with Crippen molar-refractivity contribution in [3.8, 4) is 12.8 Å². The van der Waals surface area contributed by atoms with Crippen LogP contribution in [0.1, 0.15) is 30.4 Å². The molecule has 2 heterocycles. The zero-order valence-electron chi connectivity index (χ0n) is 19.3. The van der Waals surface area contributed by atoms with E-state index in [9.17, 15) is 4.79 Å². The highest BCUT2D eigenvalue weighted by Crippen LogP contribution is 2.32. The first-order chi connectivity index (χ1) is 14.8.